The van der Waals surface area contributed by atoms with Crippen molar-refractivity contribution in [3.63, 3.8) is 0 Å². The number of thiazole rings is 1. The summed E-state index contributed by atoms with van der Waals surface area (Å²) in [4.78, 5) is 30.1. The van der Waals surface area contributed by atoms with Crippen molar-refractivity contribution >= 4 is 28.8 Å². The first-order chi connectivity index (χ1) is 9.59. The van der Waals surface area contributed by atoms with Gasteiger partial charge in [-0.05, 0) is 12.1 Å². The van der Waals surface area contributed by atoms with Crippen molar-refractivity contribution in [2.24, 2.45) is 0 Å². The van der Waals surface area contributed by atoms with Gasteiger partial charge < -0.3 is 5.73 Å². The number of fused-ring (bicyclic) bond motifs is 1. The maximum atomic E-state index is 12.3. The van der Waals surface area contributed by atoms with Crippen LogP contribution in [-0.2, 0) is 0 Å². The number of nitrogens with zero attached hydrogens (tertiary/aromatic N) is 2. The summed E-state index contributed by atoms with van der Waals surface area (Å²) >= 11 is 1.52. The fourth-order valence-electron chi connectivity index (χ4n) is 2.36. The van der Waals surface area contributed by atoms with Crippen molar-refractivity contribution in [2.75, 3.05) is 12.3 Å². The SMILES string of the molecule is CC(CN1C(=O)c2cccc(N)c2C1=O)c1nccs1. The lowest BCUT2D eigenvalue weighted by Gasteiger charge is -2.17. The molecular weight excluding hydrogens is 274 g/mol. The first kappa shape index (κ1) is 12.8. The lowest BCUT2D eigenvalue weighted by molar-refractivity contribution is 0.0647. The Bertz CT molecular complexity index is 682. The standard InChI is InChI=1S/C14H13N3O2S/c1-8(12-16-5-6-20-12)7-17-13(18)9-3-2-4-10(15)11(9)14(17)19/h2-6,8H,7,15H2,1H3. The molecular formula is C14H13N3O2S. The lowest BCUT2D eigenvalue weighted by atomic mass is 10.1. The van der Waals surface area contributed by atoms with E-state index in [2.05, 4.69) is 4.98 Å². The van der Waals surface area contributed by atoms with Crippen molar-refractivity contribution in [3.8, 4) is 0 Å². The molecule has 102 valence electrons. The Morgan fingerprint density at radius 3 is 2.80 bits per heavy atom. The van der Waals surface area contributed by atoms with Gasteiger partial charge in [0.15, 0.2) is 0 Å². The quantitative estimate of drug-likeness (QED) is 0.693. The molecule has 2 heterocycles. The van der Waals surface area contributed by atoms with Crippen LogP contribution in [0, 0.1) is 0 Å². The van der Waals surface area contributed by atoms with Gasteiger partial charge in [0, 0.05) is 29.7 Å². The van der Waals surface area contributed by atoms with E-state index in [-0.39, 0.29) is 17.7 Å². The van der Waals surface area contributed by atoms with E-state index in [0.717, 1.165) is 5.01 Å². The molecule has 0 radical (unpaired) electrons. The van der Waals surface area contributed by atoms with E-state index in [1.54, 1.807) is 24.4 Å². The minimum absolute atomic E-state index is 0.0124. The van der Waals surface area contributed by atoms with Crippen molar-refractivity contribution in [1.82, 2.24) is 9.88 Å². The highest BCUT2D eigenvalue weighted by atomic mass is 32.1. The normalized spacial score (nSPS) is 15.6. The third kappa shape index (κ3) is 1.89. The monoisotopic (exact) mass is 287 g/mol. The molecule has 20 heavy (non-hydrogen) atoms. The molecule has 1 aromatic carbocycles. The Morgan fingerprint density at radius 2 is 2.15 bits per heavy atom. The van der Waals surface area contributed by atoms with Crippen molar-refractivity contribution in [2.45, 2.75) is 12.8 Å². The predicted molar refractivity (Wildman–Crippen MR) is 76.8 cm³/mol. The zero-order valence-corrected chi connectivity index (χ0v) is 11.7. The maximum Gasteiger partial charge on any atom is 0.263 e. The Kier molecular flexibility index (Phi) is 3.02. The smallest absolute Gasteiger partial charge is 0.263 e. The fraction of sp³-hybridized carbons (Fsp3) is 0.214. The summed E-state index contributed by atoms with van der Waals surface area (Å²) in [7, 11) is 0. The molecule has 3 rings (SSSR count). The van der Waals surface area contributed by atoms with Crippen molar-refractivity contribution in [1.29, 1.82) is 0 Å². The van der Waals surface area contributed by atoms with Gasteiger partial charge in [-0.1, -0.05) is 13.0 Å². The summed E-state index contributed by atoms with van der Waals surface area (Å²) < 4.78 is 0. The number of nitrogens with two attached hydrogens (primary N) is 1. The maximum absolute atomic E-state index is 12.3. The summed E-state index contributed by atoms with van der Waals surface area (Å²) in [5, 5.41) is 2.79. The number of hydrogen-bond acceptors (Lipinski definition) is 5. The number of nitrogen functional groups attached to an aromatic ring is 1. The van der Waals surface area contributed by atoms with Crippen LogP contribution in [0.1, 0.15) is 38.6 Å². The second-order valence-electron chi connectivity index (χ2n) is 4.76. The molecule has 0 saturated heterocycles. The topological polar surface area (TPSA) is 76.3 Å². The van der Waals surface area contributed by atoms with Crippen molar-refractivity contribution < 1.29 is 9.59 Å². The van der Waals surface area contributed by atoms with Gasteiger partial charge in [0.25, 0.3) is 11.8 Å². The van der Waals surface area contributed by atoms with Crippen LogP contribution in [0.4, 0.5) is 5.69 Å². The van der Waals surface area contributed by atoms with E-state index in [1.807, 2.05) is 12.3 Å². The number of rotatable bonds is 3. The number of hydrogen-bond donors (Lipinski definition) is 1. The second kappa shape index (κ2) is 4.72. The Balaban J connectivity index is 1.89. The Hall–Kier alpha value is -2.21. The van der Waals surface area contributed by atoms with Crippen LogP contribution in [0.3, 0.4) is 0 Å². The number of amides is 2. The van der Waals surface area contributed by atoms with Gasteiger partial charge in [-0.15, -0.1) is 11.3 Å². The van der Waals surface area contributed by atoms with E-state index >= 15 is 0 Å². The highest BCUT2D eigenvalue weighted by Gasteiger charge is 2.37. The molecule has 0 saturated carbocycles. The number of imide groups is 1. The Morgan fingerprint density at radius 1 is 1.35 bits per heavy atom. The van der Waals surface area contributed by atoms with E-state index in [0.29, 0.717) is 23.4 Å². The number of benzene rings is 1. The van der Waals surface area contributed by atoms with Gasteiger partial charge in [0.05, 0.1) is 16.1 Å². The molecule has 2 amide bonds. The first-order valence-corrected chi connectivity index (χ1v) is 7.11. The Labute approximate surface area is 120 Å². The molecule has 2 N–H and O–H groups in total. The average Bonchev–Trinajstić information content (AvgIpc) is 3.03. The molecule has 2 aromatic rings. The number of carbonyl (C=O) groups excluding carboxylic acids is 2. The van der Waals surface area contributed by atoms with Gasteiger partial charge in [-0.2, -0.15) is 0 Å². The van der Waals surface area contributed by atoms with Crippen LogP contribution in [0.25, 0.3) is 0 Å². The second-order valence-corrected chi connectivity index (χ2v) is 5.69. The number of aromatic nitrogens is 1. The summed E-state index contributed by atoms with van der Waals surface area (Å²) in [6.07, 6.45) is 1.72. The number of anilines is 1. The molecule has 1 aromatic heterocycles. The molecule has 5 nitrogen and oxygen atoms in total. The molecule has 0 aliphatic carbocycles. The summed E-state index contributed by atoms with van der Waals surface area (Å²) in [5.41, 5.74) is 6.87. The molecule has 6 heteroatoms. The van der Waals surface area contributed by atoms with E-state index in [1.165, 1.54) is 16.2 Å². The minimum atomic E-state index is -0.313. The van der Waals surface area contributed by atoms with Gasteiger partial charge >= 0.3 is 0 Å². The summed E-state index contributed by atoms with van der Waals surface area (Å²) in [5.74, 6) is -0.578. The van der Waals surface area contributed by atoms with Crippen LogP contribution in [0.2, 0.25) is 0 Å². The molecule has 1 unspecified atom stereocenters. The third-order valence-electron chi connectivity index (χ3n) is 3.36. The average molecular weight is 287 g/mol. The van der Waals surface area contributed by atoms with Crippen LogP contribution in [-0.4, -0.2) is 28.2 Å². The highest BCUT2D eigenvalue weighted by Crippen LogP contribution is 2.29. The van der Waals surface area contributed by atoms with Crippen LogP contribution in [0.5, 0.6) is 0 Å². The summed E-state index contributed by atoms with van der Waals surface area (Å²) in [6, 6.07) is 4.96. The molecule has 0 bridgehead atoms. The first-order valence-electron chi connectivity index (χ1n) is 6.23. The molecule has 0 fully saturated rings. The van der Waals surface area contributed by atoms with Crippen LogP contribution < -0.4 is 5.73 Å². The zero-order chi connectivity index (χ0) is 14.3. The lowest BCUT2D eigenvalue weighted by Crippen LogP contribution is -2.33. The van der Waals surface area contributed by atoms with Crippen molar-refractivity contribution in [3.05, 3.63) is 45.9 Å². The zero-order valence-electron chi connectivity index (χ0n) is 10.9. The molecule has 0 spiro atoms. The van der Waals surface area contributed by atoms with Crippen LogP contribution in [0.15, 0.2) is 29.8 Å². The van der Waals surface area contributed by atoms with Gasteiger partial charge in [-0.3, -0.25) is 14.5 Å². The molecule has 1 aliphatic heterocycles. The van der Waals surface area contributed by atoms with E-state index in [9.17, 15) is 9.59 Å². The third-order valence-corrected chi connectivity index (χ3v) is 4.37. The van der Waals surface area contributed by atoms with Gasteiger partial charge in [0.2, 0.25) is 0 Å². The minimum Gasteiger partial charge on any atom is -0.398 e. The fourth-order valence-corrected chi connectivity index (χ4v) is 3.04. The predicted octanol–water partition coefficient (Wildman–Crippen LogP) is 2.12. The largest absolute Gasteiger partial charge is 0.398 e. The summed E-state index contributed by atoms with van der Waals surface area (Å²) in [6.45, 7) is 2.27. The van der Waals surface area contributed by atoms with Crippen LogP contribution >= 0.6 is 11.3 Å². The van der Waals surface area contributed by atoms with E-state index in [4.69, 9.17) is 5.73 Å². The number of carbonyl (C=O) groups is 2. The van der Waals surface area contributed by atoms with Gasteiger partial charge in [-0.25, -0.2) is 4.98 Å². The van der Waals surface area contributed by atoms with E-state index < -0.39 is 0 Å². The molecule has 1 atom stereocenters. The van der Waals surface area contributed by atoms with Gasteiger partial charge in [0.1, 0.15) is 0 Å². The molecule has 1 aliphatic rings. The highest BCUT2D eigenvalue weighted by molar-refractivity contribution is 7.09.